The van der Waals surface area contributed by atoms with E-state index in [-0.39, 0.29) is 5.82 Å². The second-order valence-electron chi connectivity index (χ2n) is 4.45. The minimum Gasteiger partial charge on any atom is -0.457 e. The maximum Gasteiger partial charge on any atom is 0.135 e. The molecule has 1 atom stereocenters. The number of nitrogens with two attached hydrogens (primary N) is 1. The lowest BCUT2D eigenvalue weighted by molar-refractivity contribution is 0.458. The molecule has 100 valence electrons. The molecule has 0 bridgehead atoms. The van der Waals surface area contributed by atoms with Crippen LogP contribution in [-0.2, 0) is 0 Å². The van der Waals surface area contributed by atoms with Crippen LogP contribution in [0.3, 0.4) is 0 Å². The van der Waals surface area contributed by atoms with Crippen molar-refractivity contribution in [2.45, 2.75) is 19.9 Å². The van der Waals surface area contributed by atoms with Crippen molar-refractivity contribution in [1.29, 1.82) is 0 Å². The topological polar surface area (TPSA) is 35.2 Å². The fraction of sp³-hybridized carbons (Fsp3) is 0.200. The van der Waals surface area contributed by atoms with Crippen molar-refractivity contribution in [1.82, 2.24) is 0 Å². The number of hydrogen-bond donors (Lipinski definition) is 1. The molecule has 0 saturated carbocycles. The Morgan fingerprint density at radius 1 is 1.21 bits per heavy atom. The van der Waals surface area contributed by atoms with E-state index in [0.29, 0.717) is 22.1 Å². The van der Waals surface area contributed by atoms with Crippen LogP contribution in [0.5, 0.6) is 11.5 Å². The van der Waals surface area contributed by atoms with Gasteiger partial charge in [0.2, 0.25) is 0 Å². The molecule has 4 heteroatoms. The zero-order valence-electron chi connectivity index (χ0n) is 10.8. The Bertz CT molecular complexity index is 599. The van der Waals surface area contributed by atoms with Gasteiger partial charge in [0.05, 0.1) is 0 Å². The van der Waals surface area contributed by atoms with Crippen LogP contribution < -0.4 is 10.5 Å². The minimum atomic E-state index is -0.448. The van der Waals surface area contributed by atoms with E-state index in [9.17, 15) is 4.39 Å². The fourth-order valence-corrected chi connectivity index (χ4v) is 2.01. The van der Waals surface area contributed by atoms with E-state index < -0.39 is 6.04 Å². The molecular weight excluding hydrogens is 265 g/mol. The van der Waals surface area contributed by atoms with Crippen molar-refractivity contribution in [3.8, 4) is 11.5 Å². The summed E-state index contributed by atoms with van der Waals surface area (Å²) in [6, 6.07) is 9.54. The first-order chi connectivity index (χ1) is 8.99. The number of rotatable bonds is 3. The molecule has 0 aliphatic carbocycles. The summed E-state index contributed by atoms with van der Waals surface area (Å²) < 4.78 is 19.6. The first-order valence-corrected chi connectivity index (χ1v) is 6.35. The van der Waals surface area contributed by atoms with Gasteiger partial charge in [-0.3, -0.25) is 0 Å². The third-order valence-electron chi connectivity index (χ3n) is 2.84. The van der Waals surface area contributed by atoms with E-state index in [2.05, 4.69) is 0 Å². The van der Waals surface area contributed by atoms with Crippen LogP contribution in [0.1, 0.15) is 24.1 Å². The zero-order valence-corrected chi connectivity index (χ0v) is 11.5. The summed E-state index contributed by atoms with van der Waals surface area (Å²) in [5, 5.41) is 0.569. The predicted molar refractivity (Wildman–Crippen MR) is 75.3 cm³/mol. The Hall–Kier alpha value is -1.58. The van der Waals surface area contributed by atoms with Crippen molar-refractivity contribution in [3.05, 3.63) is 58.4 Å². The van der Waals surface area contributed by atoms with Crippen LogP contribution in [0.4, 0.5) is 4.39 Å². The summed E-state index contributed by atoms with van der Waals surface area (Å²) in [5.74, 6) is 0.646. The largest absolute Gasteiger partial charge is 0.457 e. The van der Waals surface area contributed by atoms with Crippen LogP contribution in [-0.4, -0.2) is 0 Å². The molecule has 0 spiro atoms. The quantitative estimate of drug-likeness (QED) is 0.891. The second kappa shape index (κ2) is 5.59. The van der Waals surface area contributed by atoms with Gasteiger partial charge in [-0.05, 0) is 43.7 Å². The highest BCUT2D eigenvalue weighted by molar-refractivity contribution is 6.30. The Labute approximate surface area is 117 Å². The van der Waals surface area contributed by atoms with E-state index >= 15 is 0 Å². The summed E-state index contributed by atoms with van der Waals surface area (Å²) in [6.07, 6.45) is 0. The second-order valence-corrected chi connectivity index (χ2v) is 4.89. The third-order valence-corrected chi connectivity index (χ3v) is 3.07. The van der Waals surface area contributed by atoms with Crippen molar-refractivity contribution >= 4 is 11.6 Å². The molecule has 2 aromatic rings. The summed E-state index contributed by atoms with van der Waals surface area (Å²) in [5.41, 5.74) is 7.07. The van der Waals surface area contributed by atoms with E-state index in [0.717, 1.165) is 5.56 Å². The van der Waals surface area contributed by atoms with E-state index in [1.807, 2.05) is 13.0 Å². The van der Waals surface area contributed by atoms with Gasteiger partial charge in [0.15, 0.2) is 0 Å². The normalized spacial score (nSPS) is 12.3. The van der Waals surface area contributed by atoms with E-state index in [1.165, 1.54) is 6.07 Å². The number of hydrogen-bond acceptors (Lipinski definition) is 2. The highest BCUT2D eigenvalue weighted by Crippen LogP contribution is 2.33. The average Bonchev–Trinajstić information content (AvgIpc) is 2.33. The van der Waals surface area contributed by atoms with Gasteiger partial charge in [-0.1, -0.05) is 23.7 Å². The van der Waals surface area contributed by atoms with Gasteiger partial charge in [-0.25, -0.2) is 4.39 Å². The van der Waals surface area contributed by atoms with Crippen LogP contribution in [0.25, 0.3) is 0 Å². The van der Waals surface area contributed by atoms with E-state index in [4.69, 9.17) is 22.1 Å². The molecule has 2 N–H and O–H groups in total. The molecule has 0 aliphatic heterocycles. The van der Waals surface area contributed by atoms with Gasteiger partial charge in [0.25, 0.3) is 0 Å². The van der Waals surface area contributed by atoms with Crippen LogP contribution >= 0.6 is 11.6 Å². The molecule has 0 aliphatic rings. The molecular formula is C15H15ClFNO. The number of aryl methyl sites for hydroxylation is 1. The van der Waals surface area contributed by atoms with Gasteiger partial charge in [-0.15, -0.1) is 0 Å². The number of halogens is 2. The molecule has 0 amide bonds. The average molecular weight is 280 g/mol. The van der Waals surface area contributed by atoms with Crippen LogP contribution in [0.15, 0.2) is 36.4 Å². The summed E-state index contributed by atoms with van der Waals surface area (Å²) in [7, 11) is 0. The SMILES string of the molecule is Cc1ccc(Cl)cc1Oc1cccc(F)c1[C@H](C)N. The summed E-state index contributed by atoms with van der Waals surface area (Å²) >= 11 is 5.94. The first kappa shape index (κ1) is 13.8. The molecule has 0 unspecified atom stereocenters. The fourth-order valence-electron chi connectivity index (χ4n) is 1.85. The third kappa shape index (κ3) is 3.06. The van der Waals surface area contributed by atoms with Crippen molar-refractivity contribution < 1.29 is 9.13 Å². The van der Waals surface area contributed by atoms with Crippen LogP contribution in [0, 0.1) is 12.7 Å². The van der Waals surface area contributed by atoms with Crippen molar-refractivity contribution in [3.63, 3.8) is 0 Å². The zero-order chi connectivity index (χ0) is 14.0. The van der Waals surface area contributed by atoms with Gasteiger partial charge in [0, 0.05) is 16.6 Å². The van der Waals surface area contributed by atoms with Crippen molar-refractivity contribution in [2.24, 2.45) is 5.73 Å². The predicted octanol–water partition coefficient (Wildman–Crippen LogP) is 4.60. The monoisotopic (exact) mass is 279 g/mol. The molecule has 2 aromatic carbocycles. The van der Waals surface area contributed by atoms with E-state index in [1.54, 1.807) is 31.2 Å². The molecule has 19 heavy (non-hydrogen) atoms. The molecule has 0 radical (unpaired) electrons. The number of benzene rings is 2. The lowest BCUT2D eigenvalue weighted by atomic mass is 10.1. The summed E-state index contributed by atoms with van der Waals surface area (Å²) in [6.45, 7) is 3.62. The molecule has 2 rings (SSSR count). The molecule has 0 saturated heterocycles. The lowest BCUT2D eigenvalue weighted by Gasteiger charge is -2.15. The van der Waals surface area contributed by atoms with Crippen LogP contribution in [0.2, 0.25) is 5.02 Å². The Morgan fingerprint density at radius 2 is 1.95 bits per heavy atom. The maximum atomic E-state index is 13.8. The Morgan fingerprint density at radius 3 is 2.63 bits per heavy atom. The highest BCUT2D eigenvalue weighted by Gasteiger charge is 2.15. The maximum absolute atomic E-state index is 13.8. The highest BCUT2D eigenvalue weighted by atomic mass is 35.5. The molecule has 0 fully saturated rings. The summed E-state index contributed by atoms with van der Waals surface area (Å²) in [4.78, 5) is 0. The van der Waals surface area contributed by atoms with Gasteiger partial charge < -0.3 is 10.5 Å². The van der Waals surface area contributed by atoms with Gasteiger partial charge in [-0.2, -0.15) is 0 Å². The smallest absolute Gasteiger partial charge is 0.135 e. The van der Waals surface area contributed by atoms with Gasteiger partial charge in [0.1, 0.15) is 17.3 Å². The lowest BCUT2D eigenvalue weighted by Crippen LogP contribution is -2.09. The van der Waals surface area contributed by atoms with Crippen molar-refractivity contribution in [2.75, 3.05) is 0 Å². The minimum absolute atomic E-state index is 0.363. The van der Waals surface area contributed by atoms with Gasteiger partial charge >= 0.3 is 0 Å². The Balaban J connectivity index is 2.44. The first-order valence-electron chi connectivity index (χ1n) is 5.97. The Kier molecular flexibility index (Phi) is 4.08. The molecule has 0 aromatic heterocycles. The standard InChI is InChI=1S/C15H15ClFNO/c1-9-6-7-11(16)8-14(9)19-13-5-3-4-12(17)15(13)10(2)18/h3-8,10H,18H2,1-2H3/t10-/m0/s1. The molecule has 0 heterocycles. The number of ether oxygens (including phenoxy) is 1. The molecule has 2 nitrogen and oxygen atoms in total.